The summed E-state index contributed by atoms with van der Waals surface area (Å²) in [6.45, 7) is 1.85. The lowest BCUT2D eigenvalue weighted by atomic mass is 10.1. The number of aromatic nitrogens is 2. The Labute approximate surface area is 145 Å². The van der Waals surface area contributed by atoms with Crippen LogP contribution >= 0.6 is 15.9 Å². The van der Waals surface area contributed by atoms with E-state index in [-0.39, 0.29) is 11.9 Å². The van der Waals surface area contributed by atoms with Gasteiger partial charge in [-0.2, -0.15) is 0 Å². The summed E-state index contributed by atoms with van der Waals surface area (Å²) >= 11 is 3.39. The molecule has 1 unspecified atom stereocenters. The van der Waals surface area contributed by atoms with Crippen molar-refractivity contribution < 1.29 is 4.92 Å². The number of nitro groups is 1. The monoisotopic (exact) mass is 388 g/mol. The van der Waals surface area contributed by atoms with Crippen LogP contribution in [0, 0.1) is 10.1 Å². The fourth-order valence-corrected chi connectivity index (χ4v) is 2.83. The highest BCUT2D eigenvalue weighted by molar-refractivity contribution is 9.10. The molecule has 3 aromatic rings. The van der Waals surface area contributed by atoms with Gasteiger partial charge in [0.15, 0.2) is 0 Å². The number of fused-ring (bicyclic) bond motifs is 1. The molecule has 1 N–H and O–H groups in total. The van der Waals surface area contributed by atoms with Crippen LogP contribution < -0.4 is 10.9 Å². The first-order valence-corrected chi connectivity index (χ1v) is 7.94. The van der Waals surface area contributed by atoms with Crippen LogP contribution in [0.5, 0.6) is 0 Å². The first-order valence-electron chi connectivity index (χ1n) is 7.15. The highest BCUT2D eigenvalue weighted by Crippen LogP contribution is 2.25. The van der Waals surface area contributed by atoms with Crippen molar-refractivity contribution in [3.05, 3.63) is 79.2 Å². The molecule has 0 amide bonds. The van der Waals surface area contributed by atoms with Crippen molar-refractivity contribution in [3.63, 3.8) is 0 Å². The maximum atomic E-state index is 12.4. The molecule has 0 saturated carbocycles. The number of halogens is 1. The van der Waals surface area contributed by atoms with E-state index in [1.807, 2.05) is 31.2 Å². The smallest absolute Gasteiger partial charge is 0.358 e. The molecule has 0 bridgehead atoms. The lowest BCUT2D eigenvalue weighted by molar-refractivity contribution is -0.385. The Morgan fingerprint density at radius 2 is 2.08 bits per heavy atom. The average molecular weight is 389 g/mol. The summed E-state index contributed by atoms with van der Waals surface area (Å²) in [6, 6.07) is 12.2. The molecule has 0 spiro atoms. The number of rotatable bonds is 4. The van der Waals surface area contributed by atoms with Crippen molar-refractivity contribution >= 4 is 33.1 Å². The van der Waals surface area contributed by atoms with E-state index in [1.54, 1.807) is 18.2 Å². The molecule has 1 atom stereocenters. The van der Waals surface area contributed by atoms with Gasteiger partial charge in [0.05, 0.1) is 11.0 Å². The summed E-state index contributed by atoms with van der Waals surface area (Å²) < 4.78 is 2.06. The highest BCUT2D eigenvalue weighted by Gasteiger charge is 2.24. The van der Waals surface area contributed by atoms with E-state index in [1.165, 1.54) is 6.20 Å². The lowest BCUT2D eigenvalue weighted by Gasteiger charge is -2.15. The second kappa shape index (κ2) is 6.40. The Balaban J connectivity index is 2.10. The van der Waals surface area contributed by atoms with Crippen LogP contribution in [0.15, 0.2) is 57.9 Å². The Morgan fingerprint density at radius 3 is 2.79 bits per heavy atom. The third-order valence-corrected chi connectivity index (χ3v) is 4.09. The van der Waals surface area contributed by atoms with Gasteiger partial charge in [0.2, 0.25) is 5.82 Å². The third-order valence-electron chi connectivity index (χ3n) is 3.59. The van der Waals surface area contributed by atoms with E-state index >= 15 is 0 Å². The standard InChI is InChI=1S/C16H13BrN4O3/c1-10(11-5-4-6-12(17)9-11)18-15-14(21(23)24)16(22)20-8-3-2-7-13(20)19-15/h2-10,18H,1H3. The van der Waals surface area contributed by atoms with E-state index in [0.29, 0.717) is 5.65 Å². The minimum atomic E-state index is -0.713. The van der Waals surface area contributed by atoms with Crippen LogP contribution in [0.4, 0.5) is 11.5 Å². The van der Waals surface area contributed by atoms with Crippen molar-refractivity contribution in [2.24, 2.45) is 0 Å². The second-order valence-electron chi connectivity index (χ2n) is 5.22. The molecule has 122 valence electrons. The van der Waals surface area contributed by atoms with E-state index in [9.17, 15) is 14.9 Å². The SMILES string of the molecule is CC(Nc1nc2ccccn2c(=O)c1[N+](=O)[O-])c1cccc(Br)c1. The minimum absolute atomic E-state index is 0.0383. The molecule has 2 heterocycles. The molecular formula is C16H13BrN4O3. The van der Waals surface area contributed by atoms with Crippen LogP contribution in [-0.4, -0.2) is 14.3 Å². The predicted molar refractivity (Wildman–Crippen MR) is 94.3 cm³/mol. The fraction of sp³-hybridized carbons (Fsp3) is 0.125. The topological polar surface area (TPSA) is 89.5 Å². The van der Waals surface area contributed by atoms with Gasteiger partial charge in [0, 0.05) is 10.7 Å². The van der Waals surface area contributed by atoms with Crippen LogP contribution in [-0.2, 0) is 0 Å². The first kappa shape index (κ1) is 16.1. The van der Waals surface area contributed by atoms with Gasteiger partial charge in [-0.15, -0.1) is 0 Å². The maximum Gasteiger partial charge on any atom is 0.376 e. The molecule has 1 aromatic carbocycles. The zero-order chi connectivity index (χ0) is 17.3. The second-order valence-corrected chi connectivity index (χ2v) is 6.14. The summed E-state index contributed by atoms with van der Waals surface area (Å²) in [6.07, 6.45) is 1.46. The molecule has 7 nitrogen and oxygen atoms in total. The molecule has 3 rings (SSSR count). The summed E-state index contributed by atoms with van der Waals surface area (Å²) in [5.41, 5.74) is -0.0270. The molecule has 2 aromatic heterocycles. The quantitative estimate of drug-likeness (QED) is 0.545. The Kier molecular flexibility index (Phi) is 4.30. The third kappa shape index (κ3) is 3.00. The van der Waals surface area contributed by atoms with Gasteiger partial charge < -0.3 is 5.32 Å². The first-order chi connectivity index (χ1) is 11.5. The molecule has 8 heteroatoms. The molecule has 0 aliphatic carbocycles. The minimum Gasteiger partial charge on any atom is -0.358 e. The molecule has 0 aliphatic heterocycles. The number of hydrogen-bond acceptors (Lipinski definition) is 5. The zero-order valence-corrected chi connectivity index (χ0v) is 14.2. The average Bonchev–Trinajstić information content (AvgIpc) is 2.54. The number of nitrogens with zero attached hydrogens (tertiary/aromatic N) is 3. The Morgan fingerprint density at radius 1 is 1.29 bits per heavy atom. The largest absolute Gasteiger partial charge is 0.376 e. The van der Waals surface area contributed by atoms with Crippen molar-refractivity contribution in [2.45, 2.75) is 13.0 Å². The summed E-state index contributed by atoms with van der Waals surface area (Å²) in [7, 11) is 0. The van der Waals surface area contributed by atoms with Crippen molar-refractivity contribution in [2.75, 3.05) is 5.32 Å². The Hall–Kier alpha value is -2.74. The zero-order valence-electron chi connectivity index (χ0n) is 12.6. The predicted octanol–water partition coefficient (Wildman–Crippen LogP) is 3.54. The maximum absolute atomic E-state index is 12.4. The number of hydrogen-bond donors (Lipinski definition) is 1. The van der Waals surface area contributed by atoms with Crippen molar-refractivity contribution in [1.29, 1.82) is 0 Å². The molecule has 0 saturated heterocycles. The number of pyridine rings is 1. The number of benzene rings is 1. The van der Waals surface area contributed by atoms with Gasteiger partial charge in [0.1, 0.15) is 5.65 Å². The van der Waals surface area contributed by atoms with Gasteiger partial charge in [0.25, 0.3) is 0 Å². The summed E-state index contributed by atoms with van der Waals surface area (Å²) in [4.78, 5) is 27.3. The van der Waals surface area contributed by atoms with Gasteiger partial charge in [-0.05, 0) is 36.8 Å². The van der Waals surface area contributed by atoms with Gasteiger partial charge in [-0.3, -0.25) is 19.3 Å². The van der Waals surface area contributed by atoms with Gasteiger partial charge >= 0.3 is 11.2 Å². The van der Waals surface area contributed by atoms with E-state index in [4.69, 9.17) is 0 Å². The van der Waals surface area contributed by atoms with Gasteiger partial charge in [-0.1, -0.05) is 34.1 Å². The molecule has 0 fully saturated rings. The van der Waals surface area contributed by atoms with Crippen LogP contribution in [0.1, 0.15) is 18.5 Å². The van der Waals surface area contributed by atoms with Crippen LogP contribution in [0.3, 0.4) is 0 Å². The number of nitrogens with one attached hydrogen (secondary N) is 1. The highest BCUT2D eigenvalue weighted by atomic mass is 79.9. The van der Waals surface area contributed by atoms with Gasteiger partial charge in [-0.25, -0.2) is 4.98 Å². The van der Waals surface area contributed by atoms with Crippen LogP contribution in [0.25, 0.3) is 5.65 Å². The van der Waals surface area contributed by atoms with E-state index in [2.05, 4.69) is 26.2 Å². The van der Waals surface area contributed by atoms with Crippen molar-refractivity contribution in [1.82, 2.24) is 9.38 Å². The number of anilines is 1. The Bertz CT molecular complexity index is 986. The van der Waals surface area contributed by atoms with Crippen molar-refractivity contribution in [3.8, 4) is 0 Å². The van der Waals surface area contributed by atoms with E-state index in [0.717, 1.165) is 14.4 Å². The molecule has 24 heavy (non-hydrogen) atoms. The normalized spacial score (nSPS) is 12.1. The summed E-state index contributed by atoms with van der Waals surface area (Å²) in [5.74, 6) is -0.0383. The molecular weight excluding hydrogens is 376 g/mol. The fourth-order valence-electron chi connectivity index (χ4n) is 2.41. The van der Waals surface area contributed by atoms with Crippen LogP contribution in [0.2, 0.25) is 0 Å². The van der Waals surface area contributed by atoms with E-state index < -0.39 is 16.2 Å². The summed E-state index contributed by atoms with van der Waals surface area (Å²) in [5, 5.41) is 14.3. The molecule has 0 radical (unpaired) electrons. The molecule has 0 aliphatic rings. The lowest BCUT2D eigenvalue weighted by Crippen LogP contribution is -2.22.